The van der Waals surface area contributed by atoms with Gasteiger partial charge < -0.3 is 9.84 Å². The third-order valence-corrected chi connectivity index (χ3v) is 1.03. The standard InChI is InChI=1S/C8H14O2/c1-3-5-6-10-7-8(9)4-2/h3-5,9H,6-7H2,1-2H3/b5-3?,8-4-. The molecule has 2 heteroatoms. The van der Waals surface area contributed by atoms with Crippen molar-refractivity contribution in [2.45, 2.75) is 13.8 Å². The molecule has 0 aliphatic rings. The summed E-state index contributed by atoms with van der Waals surface area (Å²) in [4.78, 5) is 0. The van der Waals surface area contributed by atoms with Gasteiger partial charge in [-0.15, -0.1) is 0 Å². The largest absolute Gasteiger partial charge is 0.510 e. The molecule has 0 amide bonds. The molecule has 0 radical (unpaired) electrons. The first-order valence-electron chi connectivity index (χ1n) is 3.34. The number of rotatable bonds is 4. The highest BCUT2D eigenvalue weighted by molar-refractivity contribution is 4.87. The van der Waals surface area contributed by atoms with Gasteiger partial charge in [0, 0.05) is 0 Å². The van der Waals surface area contributed by atoms with E-state index in [1.807, 2.05) is 19.1 Å². The molecule has 0 saturated carbocycles. The lowest BCUT2D eigenvalue weighted by Crippen LogP contribution is -1.96. The van der Waals surface area contributed by atoms with E-state index in [1.165, 1.54) is 0 Å². The summed E-state index contributed by atoms with van der Waals surface area (Å²) >= 11 is 0. The predicted molar refractivity (Wildman–Crippen MR) is 42.0 cm³/mol. The molecular formula is C8H14O2. The summed E-state index contributed by atoms with van der Waals surface area (Å²) in [6, 6.07) is 0. The van der Waals surface area contributed by atoms with Gasteiger partial charge in [-0.3, -0.25) is 0 Å². The van der Waals surface area contributed by atoms with Crippen molar-refractivity contribution >= 4 is 0 Å². The summed E-state index contributed by atoms with van der Waals surface area (Å²) in [5, 5.41) is 8.87. The molecule has 0 fully saturated rings. The van der Waals surface area contributed by atoms with Crippen molar-refractivity contribution in [3.63, 3.8) is 0 Å². The van der Waals surface area contributed by atoms with Crippen molar-refractivity contribution in [2.75, 3.05) is 13.2 Å². The van der Waals surface area contributed by atoms with E-state index in [4.69, 9.17) is 9.84 Å². The molecule has 0 saturated heterocycles. The summed E-state index contributed by atoms with van der Waals surface area (Å²) < 4.78 is 5.02. The van der Waals surface area contributed by atoms with E-state index in [0.717, 1.165) is 0 Å². The Hall–Kier alpha value is -0.760. The van der Waals surface area contributed by atoms with Crippen LogP contribution in [0.4, 0.5) is 0 Å². The lowest BCUT2D eigenvalue weighted by molar-refractivity contribution is 0.152. The highest BCUT2D eigenvalue weighted by atomic mass is 16.5. The minimum atomic E-state index is 0.282. The number of aliphatic hydroxyl groups excluding tert-OH is 1. The molecule has 0 aromatic carbocycles. The molecule has 0 rings (SSSR count). The maximum Gasteiger partial charge on any atom is 0.114 e. The van der Waals surface area contributed by atoms with Gasteiger partial charge in [-0.05, 0) is 19.9 Å². The van der Waals surface area contributed by atoms with Crippen LogP contribution in [0.1, 0.15) is 13.8 Å². The lowest BCUT2D eigenvalue weighted by Gasteiger charge is -1.97. The second kappa shape index (κ2) is 6.36. The minimum absolute atomic E-state index is 0.282. The average molecular weight is 142 g/mol. The molecule has 0 aliphatic heterocycles. The Kier molecular flexibility index (Phi) is 5.88. The zero-order valence-electron chi connectivity index (χ0n) is 6.50. The lowest BCUT2D eigenvalue weighted by atomic mass is 10.5. The normalized spacial score (nSPS) is 12.8. The van der Waals surface area contributed by atoms with Gasteiger partial charge >= 0.3 is 0 Å². The first-order chi connectivity index (χ1) is 4.81. The third kappa shape index (κ3) is 5.38. The van der Waals surface area contributed by atoms with E-state index < -0.39 is 0 Å². The van der Waals surface area contributed by atoms with Crippen molar-refractivity contribution in [3.8, 4) is 0 Å². The van der Waals surface area contributed by atoms with Gasteiger partial charge in [0.2, 0.25) is 0 Å². The number of hydrogen-bond acceptors (Lipinski definition) is 2. The summed E-state index contributed by atoms with van der Waals surface area (Å²) in [6.45, 7) is 4.57. The maximum atomic E-state index is 8.87. The molecule has 0 heterocycles. The van der Waals surface area contributed by atoms with Crippen molar-refractivity contribution in [1.29, 1.82) is 0 Å². The fourth-order valence-electron chi connectivity index (χ4n) is 0.411. The van der Waals surface area contributed by atoms with Gasteiger partial charge in [-0.25, -0.2) is 0 Å². The molecule has 0 spiro atoms. The monoisotopic (exact) mass is 142 g/mol. The first kappa shape index (κ1) is 9.24. The quantitative estimate of drug-likeness (QED) is 0.370. The zero-order chi connectivity index (χ0) is 7.82. The Balaban J connectivity index is 3.20. The molecule has 58 valence electrons. The molecule has 0 bridgehead atoms. The number of aliphatic hydroxyl groups is 1. The Bertz CT molecular complexity index is 125. The number of hydrogen-bond donors (Lipinski definition) is 1. The van der Waals surface area contributed by atoms with Crippen LogP contribution in [-0.4, -0.2) is 18.3 Å². The Morgan fingerprint density at radius 2 is 2.20 bits per heavy atom. The van der Waals surface area contributed by atoms with Crippen LogP contribution in [0, 0.1) is 0 Å². The minimum Gasteiger partial charge on any atom is -0.510 e. The van der Waals surface area contributed by atoms with Crippen molar-refractivity contribution in [2.24, 2.45) is 0 Å². The molecule has 0 atom stereocenters. The molecule has 0 aromatic heterocycles. The summed E-state index contributed by atoms with van der Waals surface area (Å²) in [5.74, 6) is 0.282. The van der Waals surface area contributed by atoms with E-state index in [1.54, 1.807) is 13.0 Å². The van der Waals surface area contributed by atoms with E-state index in [2.05, 4.69) is 0 Å². The highest BCUT2D eigenvalue weighted by Crippen LogP contribution is 1.88. The molecule has 2 nitrogen and oxygen atoms in total. The van der Waals surface area contributed by atoms with Crippen molar-refractivity contribution in [1.82, 2.24) is 0 Å². The fourth-order valence-corrected chi connectivity index (χ4v) is 0.411. The second-order valence-electron chi connectivity index (χ2n) is 1.86. The van der Waals surface area contributed by atoms with Crippen LogP contribution < -0.4 is 0 Å². The maximum absolute atomic E-state index is 8.87. The zero-order valence-corrected chi connectivity index (χ0v) is 6.50. The summed E-state index contributed by atoms with van der Waals surface area (Å²) in [6.07, 6.45) is 5.42. The first-order valence-corrected chi connectivity index (χ1v) is 3.34. The van der Waals surface area contributed by atoms with E-state index >= 15 is 0 Å². The topological polar surface area (TPSA) is 29.5 Å². The highest BCUT2D eigenvalue weighted by Gasteiger charge is 1.87. The Labute approximate surface area is 61.8 Å². The van der Waals surface area contributed by atoms with Gasteiger partial charge in [0.1, 0.15) is 12.4 Å². The number of allylic oxidation sites excluding steroid dienone is 2. The van der Waals surface area contributed by atoms with Gasteiger partial charge in [-0.2, -0.15) is 0 Å². The van der Waals surface area contributed by atoms with Crippen LogP contribution >= 0.6 is 0 Å². The van der Waals surface area contributed by atoms with E-state index in [-0.39, 0.29) is 5.76 Å². The predicted octanol–water partition coefficient (Wildman–Crippen LogP) is 2.04. The molecule has 0 aromatic rings. The van der Waals surface area contributed by atoms with Crippen LogP contribution in [0.25, 0.3) is 0 Å². The molecule has 1 N–H and O–H groups in total. The molecule has 0 aliphatic carbocycles. The van der Waals surface area contributed by atoms with Crippen LogP contribution in [-0.2, 0) is 4.74 Å². The van der Waals surface area contributed by atoms with E-state index in [0.29, 0.717) is 13.2 Å². The molecule has 10 heavy (non-hydrogen) atoms. The molecular weight excluding hydrogens is 128 g/mol. The van der Waals surface area contributed by atoms with E-state index in [9.17, 15) is 0 Å². The average Bonchev–Trinajstić information content (AvgIpc) is 1.98. The Morgan fingerprint density at radius 1 is 1.50 bits per heavy atom. The summed E-state index contributed by atoms with van der Waals surface area (Å²) in [5.41, 5.74) is 0. The number of ether oxygens (including phenoxy) is 1. The van der Waals surface area contributed by atoms with Gasteiger partial charge in [0.05, 0.1) is 6.61 Å². The second-order valence-corrected chi connectivity index (χ2v) is 1.86. The Morgan fingerprint density at radius 3 is 2.70 bits per heavy atom. The SMILES string of the molecule is CC=CCOC/C(O)=C/C. The van der Waals surface area contributed by atoms with Gasteiger partial charge in [0.25, 0.3) is 0 Å². The fraction of sp³-hybridized carbons (Fsp3) is 0.500. The van der Waals surface area contributed by atoms with Crippen LogP contribution in [0.15, 0.2) is 24.0 Å². The van der Waals surface area contributed by atoms with Crippen LogP contribution in [0.3, 0.4) is 0 Å². The molecule has 0 unspecified atom stereocenters. The van der Waals surface area contributed by atoms with Crippen LogP contribution in [0.2, 0.25) is 0 Å². The van der Waals surface area contributed by atoms with Crippen molar-refractivity contribution in [3.05, 3.63) is 24.0 Å². The van der Waals surface area contributed by atoms with Gasteiger partial charge in [-0.1, -0.05) is 12.2 Å². The smallest absolute Gasteiger partial charge is 0.114 e. The van der Waals surface area contributed by atoms with Crippen molar-refractivity contribution < 1.29 is 9.84 Å². The van der Waals surface area contributed by atoms with Crippen LogP contribution in [0.5, 0.6) is 0 Å². The van der Waals surface area contributed by atoms with Gasteiger partial charge in [0.15, 0.2) is 0 Å². The third-order valence-electron chi connectivity index (χ3n) is 1.03. The summed E-state index contributed by atoms with van der Waals surface area (Å²) in [7, 11) is 0.